The molecule has 0 spiro atoms. The van der Waals surface area contributed by atoms with Crippen LogP contribution in [0.25, 0.3) is 0 Å². The van der Waals surface area contributed by atoms with Crippen molar-refractivity contribution in [2.24, 2.45) is 5.73 Å². The van der Waals surface area contributed by atoms with Crippen LogP contribution in [0.15, 0.2) is 24.3 Å². The minimum atomic E-state index is -0.474. The molecule has 2 unspecified atom stereocenters. The molecule has 132 valence electrons. The lowest BCUT2D eigenvalue weighted by atomic mass is 10.1. The summed E-state index contributed by atoms with van der Waals surface area (Å²) in [5.74, 6) is 0.583. The van der Waals surface area contributed by atoms with Crippen LogP contribution in [0.3, 0.4) is 0 Å². The number of likely N-dealkylation sites (tertiary alicyclic amines) is 1. The number of benzene rings is 1. The van der Waals surface area contributed by atoms with Crippen LogP contribution in [0, 0.1) is 0 Å². The van der Waals surface area contributed by atoms with Gasteiger partial charge >= 0.3 is 0 Å². The van der Waals surface area contributed by atoms with Gasteiger partial charge in [0.25, 0.3) is 0 Å². The molecule has 24 heavy (non-hydrogen) atoms. The van der Waals surface area contributed by atoms with E-state index in [1.54, 1.807) is 4.90 Å². The fourth-order valence-corrected chi connectivity index (χ4v) is 2.92. The van der Waals surface area contributed by atoms with Crippen LogP contribution in [-0.4, -0.2) is 48.0 Å². The van der Waals surface area contributed by atoms with E-state index >= 15 is 0 Å². The topological polar surface area (TPSA) is 84.7 Å². The second kappa shape index (κ2) is 8.15. The molecule has 0 bridgehead atoms. The Morgan fingerprint density at radius 3 is 2.58 bits per heavy atom. The van der Waals surface area contributed by atoms with E-state index in [2.05, 4.69) is 5.32 Å². The van der Waals surface area contributed by atoms with Crippen molar-refractivity contribution in [2.75, 3.05) is 13.2 Å². The van der Waals surface area contributed by atoms with Crippen LogP contribution in [0.1, 0.15) is 32.8 Å². The lowest BCUT2D eigenvalue weighted by Gasteiger charge is -2.24. The van der Waals surface area contributed by atoms with Gasteiger partial charge < -0.3 is 20.7 Å². The van der Waals surface area contributed by atoms with Gasteiger partial charge in [0, 0.05) is 18.6 Å². The number of rotatable bonds is 6. The maximum absolute atomic E-state index is 12.6. The first-order valence-electron chi connectivity index (χ1n) is 8.47. The highest BCUT2D eigenvalue weighted by Crippen LogP contribution is 2.20. The van der Waals surface area contributed by atoms with Crippen molar-refractivity contribution in [1.82, 2.24) is 10.2 Å². The molecule has 2 atom stereocenters. The number of hydrogen-bond acceptors (Lipinski definition) is 4. The SMILES string of the molecule is CCOc1ccc(CC(=O)N2CC(N)CC2C(=O)NC(C)C)cc1. The van der Waals surface area contributed by atoms with Gasteiger partial charge in [0.1, 0.15) is 11.8 Å². The van der Waals surface area contributed by atoms with Gasteiger partial charge in [0.2, 0.25) is 11.8 Å². The van der Waals surface area contributed by atoms with Gasteiger partial charge in [-0.25, -0.2) is 0 Å². The minimum Gasteiger partial charge on any atom is -0.494 e. The number of carbonyl (C=O) groups excluding carboxylic acids is 2. The highest BCUT2D eigenvalue weighted by atomic mass is 16.5. The summed E-state index contributed by atoms with van der Waals surface area (Å²) >= 11 is 0. The van der Waals surface area contributed by atoms with Crippen molar-refractivity contribution < 1.29 is 14.3 Å². The molecule has 2 amide bonds. The molecule has 0 aromatic heterocycles. The Kier molecular flexibility index (Phi) is 6.20. The number of carbonyl (C=O) groups is 2. The Bertz CT molecular complexity index is 571. The van der Waals surface area contributed by atoms with Crippen molar-refractivity contribution >= 4 is 11.8 Å². The third-order valence-corrected chi connectivity index (χ3v) is 3.98. The lowest BCUT2D eigenvalue weighted by molar-refractivity contribution is -0.138. The summed E-state index contributed by atoms with van der Waals surface area (Å²) < 4.78 is 5.40. The van der Waals surface area contributed by atoms with Gasteiger partial charge in [-0.2, -0.15) is 0 Å². The van der Waals surface area contributed by atoms with E-state index in [4.69, 9.17) is 10.5 Å². The average Bonchev–Trinajstić information content (AvgIpc) is 2.91. The Labute approximate surface area is 143 Å². The summed E-state index contributed by atoms with van der Waals surface area (Å²) in [6.07, 6.45) is 0.762. The fraction of sp³-hybridized carbons (Fsp3) is 0.556. The first-order valence-corrected chi connectivity index (χ1v) is 8.47. The van der Waals surface area contributed by atoms with E-state index in [9.17, 15) is 9.59 Å². The van der Waals surface area contributed by atoms with E-state index in [0.717, 1.165) is 11.3 Å². The summed E-state index contributed by atoms with van der Waals surface area (Å²) in [6.45, 7) is 6.76. The first kappa shape index (κ1) is 18.3. The van der Waals surface area contributed by atoms with E-state index in [0.29, 0.717) is 19.6 Å². The maximum Gasteiger partial charge on any atom is 0.243 e. The Hall–Kier alpha value is -2.08. The molecular formula is C18H27N3O3. The number of nitrogens with zero attached hydrogens (tertiary/aromatic N) is 1. The molecule has 1 heterocycles. The third-order valence-electron chi connectivity index (χ3n) is 3.98. The quantitative estimate of drug-likeness (QED) is 0.816. The van der Waals surface area contributed by atoms with Crippen LogP contribution in [-0.2, 0) is 16.0 Å². The molecule has 1 aromatic carbocycles. The molecule has 0 saturated carbocycles. The maximum atomic E-state index is 12.6. The zero-order chi connectivity index (χ0) is 17.7. The number of nitrogens with one attached hydrogen (secondary N) is 1. The summed E-state index contributed by atoms with van der Waals surface area (Å²) in [4.78, 5) is 26.5. The molecule has 2 rings (SSSR count). The predicted molar refractivity (Wildman–Crippen MR) is 92.7 cm³/mol. The van der Waals surface area contributed by atoms with Gasteiger partial charge in [-0.05, 0) is 44.9 Å². The molecular weight excluding hydrogens is 306 g/mol. The van der Waals surface area contributed by atoms with Crippen molar-refractivity contribution in [3.05, 3.63) is 29.8 Å². The van der Waals surface area contributed by atoms with Crippen molar-refractivity contribution in [2.45, 2.75) is 51.7 Å². The zero-order valence-electron chi connectivity index (χ0n) is 14.6. The standard InChI is InChI=1S/C18H27N3O3/c1-4-24-15-7-5-13(6-8-15)9-17(22)21-11-14(19)10-16(21)18(23)20-12(2)3/h5-8,12,14,16H,4,9-11,19H2,1-3H3,(H,20,23). The molecule has 0 aliphatic carbocycles. The van der Waals surface area contributed by atoms with Gasteiger partial charge in [-0.15, -0.1) is 0 Å². The van der Waals surface area contributed by atoms with Crippen molar-refractivity contribution in [3.8, 4) is 5.75 Å². The zero-order valence-corrected chi connectivity index (χ0v) is 14.6. The van der Waals surface area contributed by atoms with Crippen LogP contribution < -0.4 is 15.8 Å². The minimum absolute atomic E-state index is 0.0392. The second-order valence-electron chi connectivity index (χ2n) is 6.47. The highest BCUT2D eigenvalue weighted by molar-refractivity contribution is 5.89. The molecule has 1 aromatic rings. The van der Waals surface area contributed by atoms with Crippen LogP contribution in [0.4, 0.5) is 0 Å². The molecule has 1 aliphatic heterocycles. The lowest BCUT2D eigenvalue weighted by Crippen LogP contribution is -2.48. The van der Waals surface area contributed by atoms with E-state index < -0.39 is 6.04 Å². The average molecular weight is 333 g/mol. The summed E-state index contributed by atoms with van der Waals surface area (Å²) in [5, 5.41) is 2.87. The molecule has 1 fully saturated rings. The Balaban J connectivity index is 2.02. The smallest absolute Gasteiger partial charge is 0.243 e. The van der Waals surface area contributed by atoms with Crippen molar-refractivity contribution in [1.29, 1.82) is 0 Å². The number of ether oxygens (including phenoxy) is 1. The number of hydrogen-bond donors (Lipinski definition) is 2. The van der Waals surface area contributed by atoms with E-state index in [1.165, 1.54) is 0 Å². The van der Waals surface area contributed by atoms with E-state index in [1.807, 2.05) is 45.0 Å². The van der Waals surface area contributed by atoms with Gasteiger partial charge in [0.15, 0.2) is 0 Å². The molecule has 1 saturated heterocycles. The van der Waals surface area contributed by atoms with E-state index in [-0.39, 0.29) is 30.3 Å². The second-order valence-corrected chi connectivity index (χ2v) is 6.47. The fourth-order valence-electron chi connectivity index (χ4n) is 2.92. The largest absolute Gasteiger partial charge is 0.494 e. The summed E-state index contributed by atoms with van der Waals surface area (Å²) in [7, 11) is 0. The first-order chi connectivity index (χ1) is 11.4. The van der Waals surface area contributed by atoms with Crippen LogP contribution in [0.2, 0.25) is 0 Å². The monoisotopic (exact) mass is 333 g/mol. The van der Waals surface area contributed by atoms with Gasteiger partial charge in [-0.3, -0.25) is 9.59 Å². The summed E-state index contributed by atoms with van der Waals surface area (Å²) in [5.41, 5.74) is 6.87. The molecule has 3 N–H and O–H groups in total. The van der Waals surface area contributed by atoms with Gasteiger partial charge in [0.05, 0.1) is 13.0 Å². The summed E-state index contributed by atoms with van der Waals surface area (Å²) in [6, 6.07) is 6.87. The molecule has 0 radical (unpaired) electrons. The predicted octanol–water partition coefficient (Wildman–Crippen LogP) is 1.08. The normalized spacial score (nSPS) is 20.3. The van der Waals surface area contributed by atoms with Crippen molar-refractivity contribution in [3.63, 3.8) is 0 Å². The molecule has 6 heteroatoms. The number of nitrogens with two attached hydrogens (primary N) is 1. The Morgan fingerprint density at radius 2 is 2.00 bits per heavy atom. The van der Waals surface area contributed by atoms with Crippen LogP contribution >= 0.6 is 0 Å². The van der Waals surface area contributed by atoms with Gasteiger partial charge in [-0.1, -0.05) is 12.1 Å². The number of amides is 2. The third kappa shape index (κ3) is 4.71. The molecule has 1 aliphatic rings. The van der Waals surface area contributed by atoms with Crippen LogP contribution in [0.5, 0.6) is 5.75 Å². The molecule has 6 nitrogen and oxygen atoms in total. The highest BCUT2D eigenvalue weighted by Gasteiger charge is 2.38. The Morgan fingerprint density at radius 1 is 1.33 bits per heavy atom.